The molecule has 4 amide bonds. The first-order chi connectivity index (χ1) is 16.5. The van der Waals surface area contributed by atoms with Crippen molar-refractivity contribution in [1.82, 2.24) is 16.2 Å². The van der Waals surface area contributed by atoms with Gasteiger partial charge in [-0.3, -0.25) is 15.0 Å². The molecule has 8 nitrogen and oxygen atoms in total. The fourth-order valence-corrected chi connectivity index (χ4v) is 4.20. The number of nitrogens with one attached hydrogen (secondary N) is 3. The SMILES string of the molecule is NC(=O)C1CCCN(c2ccc(CNC(=O)NNC(=O)Cc3ccc4ccccc4c3)cc2)C1. The molecule has 8 heteroatoms. The summed E-state index contributed by atoms with van der Waals surface area (Å²) >= 11 is 0. The molecule has 0 bridgehead atoms. The van der Waals surface area contributed by atoms with E-state index in [0.29, 0.717) is 13.1 Å². The number of hydrogen-bond donors (Lipinski definition) is 4. The summed E-state index contributed by atoms with van der Waals surface area (Å²) in [5.41, 5.74) is 13.1. The second-order valence-corrected chi connectivity index (χ2v) is 8.57. The maximum absolute atomic E-state index is 12.2. The Morgan fingerprint density at radius 2 is 1.65 bits per heavy atom. The summed E-state index contributed by atoms with van der Waals surface area (Å²) in [6.45, 7) is 1.84. The third kappa shape index (κ3) is 6.04. The smallest absolute Gasteiger partial charge is 0.333 e. The number of nitrogens with two attached hydrogens (primary N) is 1. The Bertz CT molecular complexity index is 1180. The summed E-state index contributed by atoms with van der Waals surface area (Å²) in [5, 5.41) is 4.90. The molecule has 1 atom stereocenters. The maximum Gasteiger partial charge on any atom is 0.333 e. The molecule has 0 spiro atoms. The molecule has 176 valence electrons. The van der Waals surface area contributed by atoms with Crippen LogP contribution in [0.5, 0.6) is 0 Å². The average molecular weight is 460 g/mol. The number of carbonyl (C=O) groups is 3. The molecule has 0 saturated carbocycles. The lowest BCUT2D eigenvalue weighted by atomic mass is 9.97. The van der Waals surface area contributed by atoms with E-state index < -0.39 is 6.03 Å². The third-order valence-electron chi connectivity index (χ3n) is 6.07. The van der Waals surface area contributed by atoms with Crippen LogP contribution in [0.15, 0.2) is 66.7 Å². The Morgan fingerprint density at radius 3 is 2.41 bits per heavy atom. The molecule has 1 unspecified atom stereocenters. The molecule has 0 aromatic heterocycles. The highest BCUT2D eigenvalue weighted by molar-refractivity contribution is 5.86. The lowest BCUT2D eigenvalue weighted by Gasteiger charge is -2.33. The summed E-state index contributed by atoms with van der Waals surface area (Å²) in [6, 6.07) is 21.1. The first kappa shape index (κ1) is 23.1. The monoisotopic (exact) mass is 459 g/mol. The summed E-state index contributed by atoms with van der Waals surface area (Å²) < 4.78 is 0. The molecule has 34 heavy (non-hydrogen) atoms. The van der Waals surface area contributed by atoms with Gasteiger partial charge in [-0.05, 0) is 46.9 Å². The number of hydrogen-bond acceptors (Lipinski definition) is 4. The van der Waals surface area contributed by atoms with Gasteiger partial charge in [0, 0.05) is 25.3 Å². The second-order valence-electron chi connectivity index (χ2n) is 8.57. The summed E-state index contributed by atoms with van der Waals surface area (Å²) in [6.07, 6.45) is 1.94. The number of benzene rings is 3. The van der Waals surface area contributed by atoms with Crippen LogP contribution in [-0.4, -0.2) is 30.9 Å². The van der Waals surface area contributed by atoms with Crippen LogP contribution in [0.4, 0.5) is 10.5 Å². The number of carbonyl (C=O) groups excluding carboxylic acids is 3. The highest BCUT2D eigenvalue weighted by atomic mass is 16.2. The molecule has 5 N–H and O–H groups in total. The Morgan fingerprint density at radius 1 is 0.912 bits per heavy atom. The molecule has 4 rings (SSSR count). The van der Waals surface area contributed by atoms with E-state index >= 15 is 0 Å². The molecule has 0 radical (unpaired) electrons. The molecular formula is C26H29N5O3. The zero-order valence-corrected chi connectivity index (χ0v) is 18.9. The standard InChI is InChI=1S/C26H29N5O3/c27-25(33)22-6-3-13-31(17-22)23-11-8-18(9-12-23)16-28-26(34)30-29-24(32)15-19-7-10-20-4-1-2-5-21(20)14-19/h1-2,4-5,7-12,14,22H,3,6,13,15-17H2,(H2,27,33)(H,29,32)(H2,28,30,34). The summed E-state index contributed by atoms with van der Waals surface area (Å²) in [4.78, 5) is 37.9. The molecule has 0 aliphatic carbocycles. The molecule has 3 aromatic rings. The van der Waals surface area contributed by atoms with E-state index in [2.05, 4.69) is 21.1 Å². The van der Waals surface area contributed by atoms with Gasteiger partial charge in [0.1, 0.15) is 0 Å². The highest BCUT2D eigenvalue weighted by Gasteiger charge is 2.24. The second kappa shape index (κ2) is 10.7. The molecular weight excluding hydrogens is 430 g/mol. The zero-order chi connectivity index (χ0) is 23.9. The van der Waals surface area contributed by atoms with Gasteiger partial charge in [-0.25, -0.2) is 10.2 Å². The van der Waals surface area contributed by atoms with Crippen molar-refractivity contribution in [2.24, 2.45) is 11.7 Å². The minimum Gasteiger partial charge on any atom is -0.371 e. The number of hydrazine groups is 1. The van der Waals surface area contributed by atoms with Crippen LogP contribution in [0.2, 0.25) is 0 Å². The van der Waals surface area contributed by atoms with E-state index in [1.807, 2.05) is 66.7 Å². The number of primary amides is 1. The van der Waals surface area contributed by atoms with Gasteiger partial charge in [-0.2, -0.15) is 0 Å². The van der Waals surface area contributed by atoms with E-state index in [4.69, 9.17) is 5.73 Å². The van der Waals surface area contributed by atoms with Crippen LogP contribution in [0.1, 0.15) is 24.0 Å². The first-order valence-corrected chi connectivity index (χ1v) is 11.4. The van der Waals surface area contributed by atoms with Crippen molar-refractivity contribution in [1.29, 1.82) is 0 Å². The first-order valence-electron chi connectivity index (χ1n) is 11.4. The van der Waals surface area contributed by atoms with Crippen LogP contribution < -0.4 is 26.8 Å². The van der Waals surface area contributed by atoms with Gasteiger partial charge >= 0.3 is 6.03 Å². The van der Waals surface area contributed by atoms with Crippen molar-refractivity contribution >= 4 is 34.3 Å². The number of anilines is 1. The number of rotatable bonds is 6. The van der Waals surface area contributed by atoms with Crippen molar-refractivity contribution < 1.29 is 14.4 Å². The van der Waals surface area contributed by atoms with Crippen LogP contribution in [0.25, 0.3) is 10.8 Å². The Labute approximate surface area is 198 Å². The quantitative estimate of drug-likeness (QED) is 0.424. The zero-order valence-electron chi connectivity index (χ0n) is 18.9. The van der Waals surface area contributed by atoms with Crippen molar-refractivity contribution in [3.05, 3.63) is 77.9 Å². The van der Waals surface area contributed by atoms with E-state index in [9.17, 15) is 14.4 Å². The van der Waals surface area contributed by atoms with Crippen molar-refractivity contribution in [3.8, 4) is 0 Å². The summed E-state index contributed by atoms with van der Waals surface area (Å²) in [5.74, 6) is -0.665. The minimum absolute atomic E-state index is 0.116. The molecule has 1 aliphatic heterocycles. The van der Waals surface area contributed by atoms with Gasteiger partial charge in [0.25, 0.3) is 0 Å². The lowest BCUT2D eigenvalue weighted by Crippen LogP contribution is -2.47. The van der Waals surface area contributed by atoms with Gasteiger partial charge in [-0.15, -0.1) is 0 Å². The van der Waals surface area contributed by atoms with Crippen molar-refractivity contribution in [2.45, 2.75) is 25.8 Å². The molecule has 3 aromatic carbocycles. The fourth-order valence-electron chi connectivity index (χ4n) is 4.20. The van der Waals surface area contributed by atoms with E-state index in [1.54, 1.807) is 0 Å². The Hall–Kier alpha value is -4.07. The fraction of sp³-hybridized carbons (Fsp3) is 0.269. The predicted molar refractivity (Wildman–Crippen MR) is 132 cm³/mol. The summed E-state index contributed by atoms with van der Waals surface area (Å²) in [7, 11) is 0. The number of nitrogens with zero attached hydrogens (tertiary/aromatic N) is 1. The molecule has 1 heterocycles. The third-order valence-corrected chi connectivity index (χ3v) is 6.07. The van der Waals surface area contributed by atoms with Gasteiger partial charge in [0.2, 0.25) is 11.8 Å². The number of fused-ring (bicyclic) bond motifs is 1. The Balaban J connectivity index is 1.20. The Kier molecular flexibility index (Phi) is 7.27. The van der Waals surface area contributed by atoms with Crippen LogP contribution in [-0.2, 0) is 22.6 Å². The van der Waals surface area contributed by atoms with E-state index in [1.165, 1.54) is 0 Å². The predicted octanol–water partition coefficient (Wildman–Crippen LogP) is 2.61. The van der Waals surface area contributed by atoms with E-state index in [0.717, 1.165) is 47.0 Å². The largest absolute Gasteiger partial charge is 0.371 e. The van der Waals surface area contributed by atoms with Crippen molar-refractivity contribution in [2.75, 3.05) is 18.0 Å². The van der Waals surface area contributed by atoms with Crippen LogP contribution in [0.3, 0.4) is 0 Å². The van der Waals surface area contributed by atoms with Crippen molar-refractivity contribution in [3.63, 3.8) is 0 Å². The van der Waals surface area contributed by atoms with Gasteiger partial charge < -0.3 is 16.0 Å². The normalized spacial score (nSPS) is 15.5. The number of urea groups is 1. The van der Waals surface area contributed by atoms with Crippen LogP contribution >= 0.6 is 0 Å². The highest BCUT2D eigenvalue weighted by Crippen LogP contribution is 2.23. The lowest BCUT2D eigenvalue weighted by molar-refractivity contribution is -0.122. The van der Waals surface area contributed by atoms with Gasteiger partial charge in [0.05, 0.1) is 12.3 Å². The minimum atomic E-state index is -0.490. The topological polar surface area (TPSA) is 117 Å². The van der Waals surface area contributed by atoms with Gasteiger partial charge in [0.15, 0.2) is 0 Å². The van der Waals surface area contributed by atoms with E-state index in [-0.39, 0.29) is 24.2 Å². The average Bonchev–Trinajstić information content (AvgIpc) is 2.86. The van der Waals surface area contributed by atoms with Crippen LogP contribution in [0, 0.1) is 5.92 Å². The number of amides is 4. The molecule has 1 aliphatic rings. The van der Waals surface area contributed by atoms with Gasteiger partial charge in [-0.1, -0.05) is 54.6 Å². The number of piperidine rings is 1. The molecule has 1 saturated heterocycles. The maximum atomic E-state index is 12.2. The molecule has 1 fully saturated rings.